The van der Waals surface area contributed by atoms with Crippen molar-refractivity contribution in [1.82, 2.24) is 9.62 Å². The summed E-state index contributed by atoms with van der Waals surface area (Å²) in [6, 6.07) is 4.71. The lowest BCUT2D eigenvalue weighted by Gasteiger charge is -2.32. The highest BCUT2D eigenvalue weighted by Crippen LogP contribution is 2.22. The third-order valence-corrected chi connectivity index (χ3v) is 5.02. The number of aliphatic carboxylic acids is 1. The van der Waals surface area contributed by atoms with Crippen LogP contribution < -0.4 is 5.32 Å². The van der Waals surface area contributed by atoms with E-state index < -0.39 is 22.0 Å². The molecule has 1 aliphatic heterocycles. The number of carboxylic acids is 1. The maximum absolute atomic E-state index is 12.4. The third-order valence-electron chi connectivity index (χ3n) is 2.88. The highest BCUT2D eigenvalue weighted by atomic mass is 35.5. The second-order valence-corrected chi connectivity index (χ2v) is 6.46. The highest BCUT2D eigenvalue weighted by molar-refractivity contribution is 7.89. The molecule has 0 amide bonds. The van der Waals surface area contributed by atoms with E-state index in [4.69, 9.17) is 16.7 Å². The molecule has 1 saturated heterocycles. The standard InChI is InChI=1S/C11H13ClN2O4S/c12-8-2-1-3-9(6-8)19(17,18)14-5-4-13-7-10(14)11(15)16/h1-3,6,10,13H,4-5,7H2,(H,15,16). The molecule has 8 heteroatoms. The van der Waals surface area contributed by atoms with Gasteiger partial charge in [-0.15, -0.1) is 0 Å². The summed E-state index contributed by atoms with van der Waals surface area (Å²) in [4.78, 5) is 11.1. The number of hydrogen-bond acceptors (Lipinski definition) is 4. The molecular weight excluding hydrogens is 292 g/mol. The fourth-order valence-electron chi connectivity index (χ4n) is 1.95. The van der Waals surface area contributed by atoms with Gasteiger partial charge in [0.1, 0.15) is 6.04 Å². The molecular formula is C11H13ClN2O4S. The van der Waals surface area contributed by atoms with Gasteiger partial charge in [-0.1, -0.05) is 17.7 Å². The van der Waals surface area contributed by atoms with E-state index in [9.17, 15) is 13.2 Å². The van der Waals surface area contributed by atoms with Crippen LogP contribution in [0, 0.1) is 0 Å². The van der Waals surface area contributed by atoms with E-state index in [1.165, 1.54) is 18.2 Å². The van der Waals surface area contributed by atoms with Crippen LogP contribution in [0.5, 0.6) is 0 Å². The molecule has 19 heavy (non-hydrogen) atoms. The Balaban J connectivity index is 2.40. The minimum Gasteiger partial charge on any atom is -0.480 e. The van der Waals surface area contributed by atoms with Crippen molar-refractivity contribution in [3.05, 3.63) is 29.3 Å². The number of halogens is 1. The van der Waals surface area contributed by atoms with Gasteiger partial charge >= 0.3 is 5.97 Å². The zero-order valence-electron chi connectivity index (χ0n) is 9.91. The van der Waals surface area contributed by atoms with E-state index in [1.807, 2.05) is 0 Å². The van der Waals surface area contributed by atoms with E-state index >= 15 is 0 Å². The number of hydrogen-bond donors (Lipinski definition) is 2. The second kappa shape index (κ2) is 5.46. The number of nitrogens with one attached hydrogen (secondary N) is 1. The van der Waals surface area contributed by atoms with Crippen LogP contribution in [0.2, 0.25) is 5.02 Å². The lowest BCUT2D eigenvalue weighted by Crippen LogP contribution is -2.56. The molecule has 1 aliphatic rings. The Kier molecular flexibility index (Phi) is 4.10. The summed E-state index contributed by atoms with van der Waals surface area (Å²) in [6.45, 7) is 0.629. The quantitative estimate of drug-likeness (QED) is 0.843. The average molecular weight is 305 g/mol. The smallest absolute Gasteiger partial charge is 0.323 e. The third kappa shape index (κ3) is 2.89. The molecule has 1 aromatic rings. The molecule has 1 unspecified atom stereocenters. The Bertz CT molecular complexity index is 590. The minimum atomic E-state index is -3.85. The Labute approximate surface area is 116 Å². The maximum atomic E-state index is 12.4. The Hall–Kier alpha value is -1.15. The van der Waals surface area contributed by atoms with Crippen molar-refractivity contribution >= 4 is 27.6 Å². The number of sulfonamides is 1. The zero-order chi connectivity index (χ0) is 14.0. The van der Waals surface area contributed by atoms with Crippen molar-refractivity contribution < 1.29 is 18.3 Å². The fraction of sp³-hybridized carbons (Fsp3) is 0.364. The van der Waals surface area contributed by atoms with Crippen molar-refractivity contribution in [2.24, 2.45) is 0 Å². The van der Waals surface area contributed by atoms with E-state index in [-0.39, 0.29) is 18.0 Å². The van der Waals surface area contributed by atoms with Gasteiger partial charge in [0.05, 0.1) is 4.90 Å². The predicted molar refractivity (Wildman–Crippen MR) is 69.6 cm³/mol. The monoisotopic (exact) mass is 304 g/mol. The van der Waals surface area contributed by atoms with Crippen LogP contribution in [-0.2, 0) is 14.8 Å². The maximum Gasteiger partial charge on any atom is 0.323 e. The molecule has 2 rings (SSSR count). The molecule has 2 N–H and O–H groups in total. The minimum absolute atomic E-state index is 0.00755. The van der Waals surface area contributed by atoms with Crippen LogP contribution in [0.25, 0.3) is 0 Å². The van der Waals surface area contributed by atoms with Crippen LogP contribution >= 0.6 is 11.6 Å². The van der Waals surface area contributed by atoms with Gasteiger partial charge in [0.15, 0.2) is 0 Å². The SMILES string of the molecule is O=C(O)C1CNCCN1S(=O)(=O)c1cccc(Cl)c1. The van der Waals surface area contributed by atoms with Gasteiger partial charge < -0.3 is 10.4 Å². The van der Waals surface area contributed by atoms with Gasteiger partial charge in [-0.2, -0.15) is 4.31 Å². The van der Waals surface area contributed by atoms with E-state index in [1.54, 1.807) is 6.07 Å². The Morgan fingerprint density at radius 1 is 1.47 bits per heavy atom. The topological polar surface area (TPSA) is 86.7 Å². The number of piperazine rings is 1. The first kappa shape index (κ1) is 14.3. The van der Waals surface area contributed by atoms with Crippen molar-refractivity contribution in [3.63, 3.8) is 0 Å². The molecule has 0 aromatic heterocycles. The summed E-state index contributed by atoms with van der Waals surface area (Å²) in [5.41, 5.74) is 0. The van der Waals surface area contributed by atoms with Gasteiger partial charge in [0, 0.05) is 24.7 Å². The lowest BCUT2D eigenvalue weighted by atomic mass is 10.2. The summed E-state index contributed by atoms with van der Waals surface area (Å²) in [5.74, 6) is -1.17. The van der Waals surface area contributed by atoms with Gasteiger partial charge in [-0.25, -0.2) is 8.42 Å². The summed E-state index contributed by atoms with van der Waals surface area (Å²) in [5, 5.41) is 12.3. The highest BCUT2D eigenvalue weighted by Gasteiger charge is 2.37. The summed E-state index contributed by atoms with van der Waals surface area (Å²) >= 11 is 5.78. The largest absolute Gasteiger partial charge is 0.480 e. The normalized spacial score (nSPS) is 21.2. The van der Waals surface area contributed by atoms with E-state index in [0.29, 0.717) is 11.6 Å². The first-order chi connectivity index (χ1) is 8.93. The summed E-state index contributed by atoms with van der Waals surface area (Å²) in [7, 11) is -3.85. The molecule has 6 nitrogen and oxygen atoms in total. The van der Waals surface area contributed by atoms with Gasteiger partial charge in [0.25, 0.3) is 0 Å². The van der Waals surface area contributed by atoms with Crippen LogP contribution in [0.15, 0.2) is 29.2 Å². The molecule has 1 atom stereocenters. The molecule has 0 spiro atoms. The number of carboxylic acid groups (broad SMARTS) is 1. The molecule has 0 aliphatic carbocycles. The number of rotatable bonds is 3. The molecule has 1 aromatic carbocycles. The van der Waals surface area contributed by atoms with E-state index in [2.05, 4.69) is 5.32 Å². The Morgan fingerprint density at radius 3 is 2.84 bits per heavy atom. The molecule has 1 heterocycles. The summed E-state index contributed by atoms with van der Waals surface area (Å²) in [6.07, 6.45) is 0. The van der Waals surface area contributed by atoms with Crippen LogP contribution in [0.3, 0.4) is 0 Å². The molecule has 1 fully saturated rings. The van der Waals surface area contributed by atoms with Crippen molar-refractivity contribution in [2.45, 2.75) is 10.9 Å². The first-order valence-corrected chi connectivity index (χ1v) is 7.45. The second-order valence-electron chi connectivity index (χ2n) is 4.13. The lowest BCUT2D eigenvalue weighted by molar-refractivity contribution is -0.141. The molecule has 0 radical (unpaired) electrons. The van der Waals surface area contributed by atoms with E-state index in [0.717, 1.165) is 4.31 Å². The van der Waals surface area contributed by atoms with Crippen LogP contribution in [0.4, 0.5) is 0 Å². The van der Waals surface area contributed by atoms with Crippen molar-refractivity contribution in [1.29, 1.82) is 0 Å². The number of nitrogens with zero attached hydrogens (tertiary/aromatic N) is 1. The van der Waals surface area contributed by atoms with Crippen LogP contribution in [-0.4, -0.2) is 49.5 Å². The van der Waals surface area contributed by atoms with Crippen molar-refractivity contribution in [3.8, 4) is 0 Å². The molecule has 0 bridgehead atoms. The molecule has 0 saturated carbocycles. The number of benzene rings is 1. The molecule has 104 valence electrons. The van der Waals surface area contributed by atoms with Gasteiger partial charge in [-0.05, 0) is 18.2 Å². The number of carbonyl (C=O) groups is 1. The predicted octanol–water partition coefficient (Wildman–Crippen LogP) is 0.387. The average Bonchev–Trinajstić information content (AvgIpc) is 2.38. The van der Waals surface area contributed by atoms with Gasteiger partial charge in [0.2, 0.25) is 10.0 Å². The van der Waals surface area contributed by atoms with Gasteiger partial charge in [-0.3, -0.25) is 4.79 Å². The zero-order valence-corrected chi connectivity index (χ0v) is 11.5. The van der Waals surface area contributed by atoms with Crippen molar-refractivity contribution in [2.75, 3.05) is 19.6 Å². The Morgan fingerprint density at radius 2 is 2.21 bits per heavy atom. The fourth-order valence-corrected chi connectivity index (χ4v) is 3.83. The van der Waals surface area contributed by atoms with Crippen LogP contribution in [0.1, 0.15) is 0 Å². The summed E-state index contributed by atoms with van der Waals surface area (Å²) < 4.78 is 25.9. The first-order valence-electron chi connectivity index (χ1n) is 5.64.